The van der Waals surface area contributed by atoms with E-state index in [9.17, 15) is 9.59 Å². The van der Waals surface area contributed by atoms with Gasteiger partial charge in [0.2, 0.25) is 5.78 Å². The third-order valence-corrected chi connectivity index (χ3v) is 6.52. The number of nitrogens with zero attached hydrogens (tertiary/aromatic N) is 4. The van der Waals surface area contributed by atoms with Gasteiger partial charge in [-0.15, -0.1) is 16.4 Å². The lowest BCUT2D eigenvalue weighted by Crippen LogP contribution is -2.26. The van der Waals surface area contributed by atoms with Crippen LogP contribution in [0.4, 0.5) is 0 Å². The molecule has 0 radical (unpaired) electrons. The molecule has 0 aliphatic carbocycles. The van der Waals surface area contributed by atoms with E-state index in [0.717, 1.165) is 15.6 Å². The highest BCUT2D eigenvalue weighted by atomic mass is 79.9. The molecule has 0 unspecified atom stereocenters. The molecule has 5 rings (SSSR count). The van der Waals surface area contributed by atoms with Crippen LogP contribution in [0.3, 0.4) is 0 Å². The van der Waals surface area contributed by atoms with E-state index in [2.05, 4.69) is 21.0 Å². The Morgan fingerprint density at radius 1 is 1.06 bits per heavy atom. The smallest absolute Gasteiger partial charge is 0.352 e. The van der Waals surface area contributed by atoms with Crippen molar-refractivity contribution in [3.63, 3.8) is 0 Å². The Kier molecular flexibility index (Phi) is 4.99. The van der Waals surface area contributed by atoms with Gasteiger partial charge in [-0.25, -0.2) is 13.9 Å². The molecule has 0 N–H and O–H groups in total. The maximum atomic E-state index is 13.3. The topological polar surface area (TPSA) is 70.5 Å². The lowest BCUT2D eigenvalue weighted by molar-refractivity contribution is 0.408. The van der Waals surface area contributed by atoms with Crippen molar-refractivity contribution in [1.82, 2.24) is 18.7 Å². The van der Waals surface area contributed by atoms with Gasteiger partial charge in [0.15, 0.2) is 0 Å². The lowest BCUT2D eigenvalue weighted by Gasteiger charge is -2.11. The predicted octanol–water partition coefficient (Wildman–Crippen LogP) is 3.74. The number of hydrogen-bond acceptors (Lipinski definition) is 5. The fourth-order valence-electron chi connectivity index (χ4n) is 3.69. The first-order valence-electron chi connectivity index (χ1n) is 9.52. The van der Waals surface area contributed by atoms with Crippen molar-refractivity contribution in [2.75, 3.05) is 7.11 Å². The second-order valence-electron chi connectivity index (χ2n) is 7.04. The summed E-state index contributed by atoms with van der Waals surface area (Å²) in [5, 5.41) is 6.37. The second kappa shape index (κ2) is 7.82. The minimum atomic E-state index is -0.285. The van der Waals surface area contributed by atoms with Crippen LogP contribution >= 0.6 is 27.3 Å². The summed E-state index contributed by atoms with van der Waals surface area (Å²) >= 11 is 4.78. The first-order valence-corrected chi connectivity index (χ1v) is 11.2. The van der Waals surface area contributed by atoms with E-state index >= 15 is 0 Å². The van der Waals surface area contributed by atoms with Gasteiger partial charge >= 0.3 is 5.69 Å². The molecule has 9 heteroatoms. The van der Waals surface area contributed by atoms with Gasteiger partial charge in [0.05, 0.1) is 25.7 Å². The molecule has 0 aliphatic rings. The maximum Gasteiger partial charge on any atom is 0.352 e. The number of benzene rings is 2. The molecule has 5 aromatic rings. The molecule has 31 heavy (non-hydrogen) atoms. The summed E-state index contributed by atoms with van der Waals surface area (Å²) in [6, 6.07) is 17.0. The number of thiophene rings is 1. The van der Waals surface area contributed by atoms with Crippen LogP contribution in [0.5, 0.6) is 5.75 Å². The Bertz CT molecular complexity index is 1550. The van der Waals surface area contributed by atoms with Gasteiger partial charge in [-0.1, -0.05) is 46.3 Å². The molecule has 2 aromatic carbocycles. The normalized spacial score (nSPS) is 11.4. The second-order valence-corrected chi connectivity index (χ2v) is 8.88. The molecule has 3 aromatic heterocycles. The van der Waals surface area contributed by atoms with Gasteiger partial charge < -0.3 is 4.74 Å². The van der Waals surface area contributed by atoms with Crippen molar-refractivity contribution in [3.8, 4) is 5.75 Å². The van der Waals surface area contributed by atoms with Crippen LogP contribution in [0.25, 0.3) is 16.0 Å². The molecule has 0 saturated carbocycles. The van der Waals surface area contributed by atoms with Gasteiger partial charge in [0, 0.05) is 10.0 Å². The predicted molar refractivity (Wildman–Crippen MR) is 124 cm³/mol. The van der Waals surface area contributed by atoms with Gasteiger partial charge in [-0.2, -0.15) is 0 Å². The van der Waals surface area contributed by atoms with Crippen LogP contribution < -0.4 is 16.0 Å². The molecule has 0 spiro atoms. The Balaban J connectivity index is 1.74. The van der Waals surface area contributed by atoms with Crippen LogP contribution in [0.1, 0.15) is 11.1 Å². The van der Waals surface area contributed by atoms with Gasteiger partial charge in [0.25, 0.3) is 5.56 Å². The van der Waals surface area contributed by atoms with Crippen molar-refractivity contribution in [2.24, 2.45) is 0 Å². The number of halogens is 1. The first-order chi connectivity index (χ1) is 15.1. The summed E-state index contributed by atoms with van der Waals surface area (Å²) in [5.41, 5.74) is 1.88. The van der Waals surface area contributed by atoms with E-state index in [-0.39, 0.29) is 17.8 Å². The van der Waals surface area contributed by atoms with E-state index in [1.54, 1.807) is 13.2 Å². The molecular formula is C22H17BrN4O3S. The monoisotopic (exact) mass is 496 g/mol. The fraction of sp³-hybridized carbons (Fsp3) is 0.136. The molecule has 0 fully saturated rings. The number of hydrogen-bond donors (Lipinski definition) is 0. The Labute approximate surface area is 188 Å². The number of fused-ring (bicyclic) bond motifs is 3. The van der Waals surface area contributed by atoms with E-state index in [1.807, 2.05) is 53.9 Å². The van der Waals surface area contributed by atoms with Crippen LogP contribution in [0, 0.1) is 0 Å². The first kappa shape index (κ1) is 19.8. The average Bonchev–Trinajstić information content (AvgIpc) is 3.37. The summed E-state index contributed by atoms with van der Waals surface area (Å²) in [7, 11) is 1.59. The van der Waals surface area contributed by atoms with Crippen molar-refractivity contribution < 1.29 is 4.74 Å². The Morgan fingerprint density at radius 3 is 2.71 bits per heavy atom. The van der Waals surface area contributed by atoms with Gasteiger partial charge in [-0.3, -0.25) is 9.36 Å². The van der Waals surface area contributed by atoms with Crippen LogP contribution in [0.2, 0.25) is 0 Å². The highest BCUT2D eigenvalue weighted by molar-refractivity contribution is 9.10. The number of para-hydroxylation sites is 1. The molecule has 156 valence electrons. The van der Waals surface area contributed by atoms with Crippen molar-refractivity contribution in [2.45, 2.75) is 13.1 Å². The average molecular weight is 497 g/mol. The summed E-state index contributed by atoms with van der Waals surface area (Å²) < 4.78 is 11.3. The zero-order valence-corrected chi connectivity index (χ0v) is 18.9. The Morgan fingerprint density at radius 2 is 1.90 bits per heavy atom. The standard InChI is InChI=1S/C22H17BrN4O3S/c1-30-18-8-3-2-6-15(18)13-25-20(28)19-17(9-10-31-19)27-21(25)24-26(22(27)29)12-14-5-4-7-16(23)11-14/h2-11H,12-13H2,1H3. The van der Waals surface area contributed by atoms with Crippen LogP contribution in [0.15, 0.2) is 74.0 Å². The third kappa shape index (κ3) is 3.39. The zero-order valence-electron chi connectivity index (χ0n) is 16.5. The molecule has 0 atom stereocenters. The SMILES string of the molecule is COc1ccccc1Cn1c(=O)c2sccc2n2c(=O)n(Cc3cccc(Br)c3)nc12. The maximum absolute atomic E-state index is 13.3. The minimum absolute atomic E-state index is 0.178. The largest absolute Gasteiger partial charge is 0.496 e. The van der Waals surface area contributed by atoms with E-state index in [1.165, 1.54) is 25.0 Å². The van der Waals surface area contributed by atoms with Crippen molar-refractivity contribution in [3.05, 3.63) is 96.4 Å². The zero-order chi connectivity index (χ0) is 21.5. The van der Waals surface area contributed by atoms with E-state index in [0.29, 0.717) is 28.3 Å². The summed E-state index contributed by atoms with van der Waals surface area (Å²) in [6.45, 7) is 0.544. The van der Waals surface area contributed by atoms with Gasteiger partial charge in [0.1, 0.15) is 10.4 Å². The molecule has 0 saturated heterocycles. The van der Waals surface area contributed by atoms with Gasteiger partial charge in [-0.05, 0) is 35.2 Å². The summed E-state index contributed by atoms with van der Waals surface area (Å²) in [6.07, 6.45) is 0. The molecule has 7 nitrogen and oxygen atoms in total. The Hall–Kier alpha value is -3.17. The molecule has 0 aliphatic heterocycles. The highest BCUT2D eigenvalue weighted by Gasteiger charge is 2.19. The van der Waals surface area contributed by atoms with E-state index < -0.39 is 0 Å². The number of rotatable bonds is 5. The van der Waals surface area contributed by atoms with Crippen molar-refractivity contribution >= 4 is 43.3 Å². The summed E-state index contributed by atoms with van der Waals surface area (Å²) in [4.78, 5) is 26.6. The molecule has 0 bridgehead atoms. The van der Waals surface area contributed by atoms with E-state index in [4.69, 9.17) is 4.74 Å². The molecule has 3 heterocycles. The minimum Gasteiger partial charge on any atom is -0.496 e. The van der Waals surface area contributed by atoms with Crippen molar-refractivity contribution in [1.29, 1.82) is 0 Å². The quantitative estimate of drug-likeness (QED) is 0.371. The summed E-state index contributed by atoms with van der Waals surface area (Å²) in [5.74, 6) is 0.983. The van der Waals surface area contributed by atoms with Crippen LogP contribution in [-0.2, 0) is 13.1 Å². The number of ether oxygens (including phenoxy) is 1. The number of aromatic nitrogens is 4. The molecule has 0 amide bonds. The number of methoxy groups -OCH3 is 1. The fourth-order valence-corrected chi connectivity index (χ4v) is 4.96. The lowest BCUT2D eigenvalue weighted by atomic mass is 10.2. The molecular weight excluding hydrogens is 480 g/mol. The third-order valence-electron chi connectivity index (χ3n) is 5.13. The van der Waals surface area contributed by atoms with Crippen LogP contribution in [-0.4, -0.2) is 25.9 Å². The highest BCUT2D eigenvalue weighted by Crippen LogP contribution is 2.21.